The Morgan fingerprint density at radius 2 is 1.95 bits per heavy atom. The van der Waals surface area contributed by atoms with Crippen LogP contribution in [0.4, 0.5) is 0 Å². The maximum absolute atomic E-state index is 12.6. The Hall–Kier alpha value is -1.55. The van der Waals surface area contributed by atoms with Crippen molar-refractivity contribution in [1.29, 1.82) is 0 Å². The predicted octanol–water partition coefficient (Wildman–Crippen LogP) is 2.96. The fourth-order valence-electron chi connectivity index (χ4n) is 4.78. The van der Waals surface area contributed by atoms with Crippen molar-refractivity contribution in [3.8, 4) is 0 Å². The van der Waals surface area contributed by atoms with Crippen LogP contribution in [0.15, 0.2) is 35.5 Å². The monoisotopic (exact) mass is 524 g/mol. The first-order valence-electron chi connectivity index (χ1n) is 13.5. The van der Waals surface area contributed by atoms with E-state index in [1.54, 1.807) is 25.2 Å². The average molecular weight is 525 g/mol. The smallest absolute Gasteiger partial charge is 0.309 e. The van der Waals surface area contributed by atoms with E-state index in [0.717, 1.165) is 11.1 Å². The van der Waals surface area contributed by atoms with Crippen LogP contribution in [-0.4, -0.2) is 79.3 Å². The molecule has 0 aromatic heterocycles. The second kappa shape index (κ2) is 13.0. The second-order valence-electron chi connectivity index (χ2n) is 11.6. The quantitative estimate of drug-likeness (QED) is 0.141. The van der Waals surface area contributed by atoms with Crippen molar-refractivity contribution >= 4 is 5.97 Å². The third kappa shape index (κ3) is 9.30. The molecule has 0 spiro atoms. The van der Waals surface area contributed by atoms with Crippen LogP contribution < -0.4 is 0 Å². The summed E-state index contributed by atoms with van der Waals surface area (Å²) in [7, 11) is 0. The van der Waals surface area contributed by atoms with Crippen molar-refractivity contribution < 1.29 is 39.8 Å². The van der Waals surface area contributed by atoms with Crippen molar-refractivity contribution in [2.45, 2.75) is 128 Å². The Morgan fingerprint density at radius 1 is 1.30 bits per heavy atom. The zero-order valence-electron chi connectivity index (χ0n) is 23.4. The van der Waals surface area contributed by atoms with Gasteiger partial charge in [0.05, 0.1) is 42.0 Å². The van der Waals surface area contributed by atoms with Crippen molar-refractivity contribution in [3.63, 3.8) is 0 Å². The summed E-state index contributed by atoms with van der Waals surface area (Å²) >= 11 is 0. The molecule has 212 valence electrons. The maximum atomic E-state index is 12.6. The zero-order chi connectivity index (χ0) is 28.1. The molecule has 0 aromatic rings. The molecule has 2 heterocycles. The Bertz CT molecular complexity index is 858. The van der Waals surface area contributed by atoms with Gasteiger partial charge in [-0.15, -0.1) is 0 Å². The number of hydrogen-bond acceptors (Lipinski definition) is 8. The van der Waals surface area contributed by atoms with Crippen molar-refractivity contribution in [1.82, 2.24) is 0 Å². The fraction of sp³-hybridized carbons (Fsp3) is 0.759. The van der Waals surface area contributed by atoms with E-state index >= 15 is 0 Å². The number of carbonyl (C=O) groups is 1. The molecule has 2 aliphatic heterocycles. The number of aliphatic hydroxyl groups is 5. The number of rotatable bonds is 8. The predicted molar refractivity (Wildman–Crippen MR) is 142 cm³/mol. The van der Waals surface area contributed by atoms with Crippen molar-refractivity contribution in [2.24, 2.45) is 11.8 Å². The molecule has 8 nitrogen and oxygen atoms in total. The molecular weight excluding hydrogens is 476 g/mol. The molecule has 37 heavy (non-hydrogen) atoms. The summed E-state index contributed by atoms with van der Waals surface area (Å²) < 4.78 is 11.5. The van der Waals surface area contributed by atoms with Gasteiger partial charge in [0.15, 0.2) is 0 Å². The molecule has 0 amide bonds. The molecule has 2 aliphatic rings. The van der Waals surface area contributed by atoms with Crippen LogP contribution in [0.1, 0.15) is 80.6 Å². The zero-order valence-corrected chi connectivity index (χ0v) is 23.4. The first-order chi connectivity index (χ1) is 17.1. The Labute approximate surface area is 221 Å². The third-order valence-electron chi connectivity index (χ3n) is 7.88. The summed E-state index contributed by atoms with van der Waals surface area (Å²) in [5, 5.41) is 52.3. The van der Waals surface area contributed by atoms with Crippen LogP contribution in [0.5, 0.6) is 0 Å². The van der Waals surface area contributed by atoms with Crippen LogP contribution in [0.2, 0.25) is 0 Å². The largest absolute Gasteiger partial charge is 0.457 e. The van der Waals surface area contributed by atoms with E-state index in [4.69, 9.17) is 9.47 Å². The Morgan fingerprint density at radius 3 is 2.57 bits per heavy atom. The lowest BCUT2D eigenvalue weighted by atomic mass is 9.88. The second-order valence-corrected chi connectivity index (χ2v) is 11.6. The lowest BCUT2D eigenvalue weighted by Gasteiger charge is -2.30. The molecular formula is C29H48O8. The van der Waals surface area contributed by atoms with E-state index in [-0.39, 0.29) is 43.3 Å². The van der Waals surface area contributed by atoms with E-state index < -0.39 is 41.6 Å². The number of epoxide rings is 1. The number of esters is 1. The minimum absolute atomic E-state index is 0.00437. The summed E-state index contributed by atoms with van der Waals surface area (Å²) in [6, 6.07) is 0. The minimum atomic E-state index is -1.43. The summed E-state index contributed by atoms with van der Waals surface area (Å²) in [5.74, 6) is -0.853. The maximum Gasteiger partial charge on any atom is 0.309 e. The van der Waals surface area contributed by atoms with Gasteiger partial charge >= 0.3 is 5.97 Å². The molecule has 0 aromatic carbocycles. The van der Waals surface area contributed by atoms with E-state index in [1.807, 2.05) is 34.6 Å². The van der Waals surface area contributed by atoms with Crippen LogP contribution >= 0.6 is 0 Å². The molecule has 10 atom stereocenters. The van der Waals surface area contributed by atoms with Crippen LogP contribution in [0, 0.1) is 11.8 Å². The summed E-state index contributed by atoms with van der Waals surface area (Å²) in [5.41, 5.74) is -0.985. The molecule has 8 heteroatoms. The van der Waals surface area contributed by atoms with Crippen LogP contribution in [0.3, 0.4) is 0 Å². The standard InChI is InChI=1S/C29H48O8/c1-8-22(31)20(5)27-23(36-27)16-28(6,34)13-11-17(2)19(4)26-18(3)9-10-24(32)29(7,35)14-12-21(30)15-25(33)37-26/h9-11,13,18,20-24,26-27,30-32,34-35H,8,12,14-16H2,1-7H3/b10-9+,13-11+,19-17+. The van der Waals surface area contributed by atoms with Gasteiger partial charge < -0.3 is 35.0 Å². The van der Waals surface area contributed by atoms with Gasteiger partial charge in [-0.2, -0.15) is 0 Å². The van der Waals surface area contributed by atoms with Gasteiger partial charge in [-0.05, 0) is 58.1 Å². The van der Waals surface area contributed by atoms with E-state index in [9.17, 15) is 30.3 Å². The van der Waals surface area contributed by atoms with Gasteiger partial charge in [-0.1, -0.05) is 45.1 Å². The molecule has 1 fully saturated rings. The van der Waals surface area contributed by atoms with Gasteiger partial charge in [0.1, 0.15) is 12.2 Å². The highest BCUT2D eigenvalue weighted by Gasteiger charge is 2.47. The number of hydrogen-bond donors (Lipinski definition) is 5. The molecule has 0 saturated carbocycles. The normalized spacial score (nSPS) is 38.4. The number of allylic oxidation sites excluding steroid dienone is 2. The van der Waals surface area contributed by atoms with Gasteiger partial charge in [0.2, 0.25) is 0 Å². The van der Waals surface area contributed by atoms with Crippen LogP contribution in [0.25, 0.3) is 0 Å². The van der Waals surface area contributed by atoms with Gasteiger partial charge in [-0.25, -0.2) is 0 Å². The third-order valence-corrected chi connectivity index (χ3v) is 7.88. The molecule has 10 unspecified atom stereocenters. The molecule has 1 saturated heterocycles. The first-order valence-corrected chi connectivity index (χ1v) is 13.5. The van der Waals surface area contributed by atoms with E-state index in [2.05, 4.69) is 0 Å². The number of aliphatic hydroxyl groups excluding tert-OH is 3. The molecule has 0 aliphatic carbocycles. The van der Waals surface area contributed by atoms with Gasteiger partial charge in [0.25, 0.3) is 0 Å². The summed E-state index contributed by atoms with van der Waals surface area (Å²) in [4.78, 5) is 12.6. The molecule has 0 radical (unpaired) electrons. The Kier molecular flexibility index (Phi) is 11.1. The lowest BCUT2D eigenvalue weighted by molar-refractivity contribution is -0.151. The lowest BCUT2D eigenvalue weighted by Crippen LogP contribution is -2.39. The van der Waals surface area contributed by atoms with E-state index in [1.165, 1.54) is 13.0 Å². The summed E-state index contributed by atoms with van der Waals surface area (Å²) in [6.07, 6.45) is 4.48. The number of cyclic esters (lactones) is 1. The van der Waals surface area contributed by atoms with E-state index in [0.29, 0.717) is 12.8 Å². The molecule has 2 rings (SSSR count). The highest BCUT2D eigenvalue weighted by atomic mass is 16.6. The van der Waals surface area contributed by atoms with Gasteiger partial charge in [0, 0.05) is 18.3 Å². The van der Waals surface area contributed by atoms with Crippen molar-refractivity contribution in [2.75, 3.05) is 0 Å². The minimum Gasteiger partial charge on any atom is -0.457 e. The van der Waals surface area contributed by atoms with Crippen LogP contribution in [-0.2, 0) is 14.3 Å². The topological polar surface area (TPSA) is 140 Å². The van der Waals surface area contributed by atoms with Gasteiger partial charge in [-0.3, -0.25) is 4.79 Å². The Balaban J connectivity index is 2.18. The fourth-order valence-corrected chi connectivity index (χ4v) is 4.78. The highest BCUT2D eigenvalue weighted by molar-refractivity contribution is 5.70. The van der Waals surface area contributed by atoms with Crippen molar-refractivity contribution in [3.05, 3.63) is 35.5 Å². The highest BCUT2D eigenvalue weighted by Crippen LogP contribution is 2.37. The SMILES string of the molecule is CCC(O)C(C)C1OC1CC(C)(O)/C=C/C(C)=C(\C)C1OC(=O)CC(O)CCC(C)(O)C(O)/C=C/C1C. The number of ether oxygens (including phenoxy) is 2. The number of carbonyl (C=O) groups excluding carboxylic acids is 1. The summed E-state index contributed by atoms with van der Waals surface area (Å²) in [6.45, 7) is 12.7. The average Bonchev–Trinajstić information content (AvgIpc) is 3.58. The molecule has 0 bridgehead atoms. The molecule has 5 N–H and O–H groups in total. The first kappa shape index (κ1) is 31.7.